The van der Waals surface area contributed by atoms with E-state index in [4.69, 9.17) is 8.48 Å². The number of aromatic nitrogens is 2. The second-order valence-corrected chi connectivity index (χ2v) is 2.10. The molecule has 1 rings (SSSR count). The van der Waals surface area contributed by atoms with Gasteiger partial charge >= 0.3 is 0 Å². The van der Waals surface area contributed by atoms with E-state index in [2.05, 4.69) is 14.7 Å². The summed E-state index contributed by atoms with van der Waals surface area (Å²) >= 11 is 0. The molecule has 0 aliphatic carbocycles. The number of anilines is 1. The predicted molar refractivity (Wildman–Crippen MR) is 42.7 cm³/mol. The number of halogens is 2. The number of hydrogen-bond donors (Lipinski definition) is 1. The third kappa shape index (κ3) is 2.50. The second kappa shape index (κ2) is 3.97. The number of rotatable bonds is 3. The standard InChI is InChI=1S/C7H9F2N3O/c1-13-6-4(2-5(8)9)3-11-7(10)12-6/h3,5H,2H2,1H3,(H2,10,11,12)/i2D2. The van der Waals surface area contributed by atoms with Crippen molar-refractivity contribution in [2.45, 2.75) is 12.8 Å². The minimum atomic E-state index is -3.20. The first-order valence-corrected chi connectivity index (χ1v) is 3.34. The fraction of sp³-hybridized carbons (Fsp3) is 0.429. The van der Waals surface area contributed by atoms with Crippen molar-refractivity contribution in [1.82, 2.24) is 9.97 Å². The zero-order valence-electron chi connectivity index (χ0n) is 8.79. The molecular formula is C7H9F2N3O. The van der Waals surface area contributed by atoms with Crippen molar-refractivity contribution in [3.8, 4) is 5.88 Å². The van der Waals surface area contributed by atoms with Crippen LogP contribution in [0.3, 0.4) is 0 Å². The average Bonchev–Trinajstić information content (AvgIpc) is 2.16. The third-order valence-electron chi connectivity index (χ3n) is 1.23. The first-order valence-electron chi connectivity index (χ1n) is 4.34. The van der Waals surface area contributed by atoms with Crippen molar-refractivity contribution < 1.29 is 16.3 Å². The Labute approximate surface area is 76.6 Å². The van der Waals surface area contributed by atoms with Crippen molar-refractivity contribution in [3.05, 3.63) is 11.8 Å². The molecule has 1 aromatic rings. The average molecular weight is 191 g/mol. The van der Waals surface area contributed by atoms with Crippen molar-refractivity contribution in [1.29, 1.82) is 0 Å². The molecule has 0 aromatic carbocycles. The molecule has 0 amide bonds. The van der Waals surface area contributed by atoms with E-state index >= 15 is 0 Å². The number of methoxy groups -OCH3 is 1. The molecule has 1 aromatic heterocycles. The fourth-order valence-electron chi connectivity index (χ4n) is 0.751. The van der Waals surface area contributed by atoms with Crippen LogP contribution in [0.5, 0.6) is 5.88 Å². The summed E-state index contributed by atoms with van der Waals surface area (Å²) < 4.78 is 43.8. The van der Waals surface area contributed by atoms with Gasteiger partial charge in [-0.15, -0.1) is 0 Å². The monoisotopic (exact) mass is 191 g/mol. The Morgan fingerprint density at radius 2 is 2.46 bits per heavy atom. The van der Waals surface area contributed by atoms with Crippen LogP contribution >= 0.6 is 0 Å². The van der Waals surface area contributed by atoms with Gasteiger partial charge in [0, 0.05) is 20.9 Å². The van der Waals surface area contributed by atoms with Gasteiger partial charge in [-0.1, -0.05) is 0 Å². The second-order valence-electron chi connectivity index (χ2n) is 2.10. The van der Waals surface area contributed by atoms with Gasteiger partial charge in [0.2, 0.25) is 18.3 Å². The van der Waals surface area contributed by atoms with E-state index in [0.29, 0.717) is 0 Å². The molecule has 72 valence electrons. The van der Waals surface area contributed by atoms with E-state index in [1.165, 1.54) is 7.11 Å². The van der Waals surface area contributed by atoms with Crippen LogP contribution in [0, 0.1) is 0 Å². The highest BCUT2D eigenvalue weighted by atomic mass is 19.3. The molecule has 0 saturated heterocycles. The lowest BCUT2D eigenvalue weighted by atomic mass is 10.2. The topological polar surface area (TPSA) is 61.0 Å². The normalized spacial score (nSPS) is 13.8. The summed E-state index contributed by atoms with van der Waals surface area (Å²) in [6.45, 7) is 0. The van der Waals surface area contributed by atoms with Gasteiger partial charge < -0.3 is 10.5 Å². The zero-order chi connectivity index (χ0) is 11.6. The molecule has 4 nitrogen and oxygen atoms in total. The first kappa shape index (κ1) is 6.99. The summed E-state index contributed by atoms with van der Waals surface area (Å²) in [4.78, 5) is 6.96. The SMILES string of the molecule is [2H]C([2H])(c1cnc(N)nc1OC)C(F)F. The number of nitrogen functional groups attached to an aromatic ring is 1. The summed E-state index contributed by atoms with van der Waals surface area (Å²) in [5.41, 5.74) is 4.79. The van der Waals surface area contributed by atoms with Crippen molar-refractivity contribution in [2.75, 3.05) is 12.8 Å². The Morgan fingerprint density at radius 3 is 3.00 bits per heavy atom. The number of nitrogens with zero attached hydrogens (tertiary/aromatic N) is 2. The smallest absolute Gasteiger partial charge is 0.242 e. The van der Waals surface area contributed by atoms with Gasteiger partial charge in [0.1, 0.15) is 0 Å². The van der Waals surface area contributed by atoms with Crippen LogP contribution < -0.4 is 10.5 Å². The third-order valence-corrected chi connectivity index (χ3v) is 1.23. The first-order chi connectivity index (χ1) is 6.89. The van der Waals surface area contributed by atoms with E-state index in [0.717, 1.165) is 6.20 Å². The molecule has 1 heterocycles. The molecule has 0 spiro atoms. The summed E-state index contributed by atoms with van der Waals surface area (Å²) in [5, 5.41) is 0. The van der Waals surface area contributed by atoms with Crippen LogP contribution in [0.4, 0.5) is 14.7 Å². The molecule has 0 bridgehead atoms. The van der Waals surface area contributed by atoms with Crippen LogP contribution in [-0.2, 0) is 6.37 Å². The fourth-order valence-corrected chi connectivity index (χ4v) is 0.751. The van der Waals surface area contributed by atoms with E-state index in [9.17, 15) is 8.78 Å². The molecule has 0 radical (unpaired) electrons. The minimum absolute atomic E-state index is 0.166. The molecule has 13 heavy (non-hydrogen) atoms. The molecule has 2 N–H and O–H groups in total. The number of nitrogens with two attached hydrogens (primary N) is 1. The Kier molecular flexibility index (Phi) is 2.14. The van der Waals surface area contributed by atoms with Gasteiger partial charge in [-0.2, -0.15) is 4.98 Å². The summed E-state index contributed by atoms with van der Waals surface area (Å²) in [6, 6.07) is 0. The van der Waals surface area contributed by atoms with Crippen molar-refractivity contribution in [3.63, 3.8) is 0 Å². The van der Waals surface area contributed by atoms with Crippen LogP contribution in [0.15, 0.2) is 6.20 Å². The Hall–Kier alpha value is -1.46. The van der Waals surface area contributed by atoms with Gasteiger partial charge in [0.15, 0.2) is 0 Å². The van der Waals surface area contributed by atoms with E-state index in [-0.39, 0.29) is 11.8 Å². The van der Waals surface area contributed by atoms with Crippen LogP contribution in [0.25, 0.3) is 0 Å². The quantitative estimate of drug-likeness (QED) is 0.770. The van der Waals surface area contributed by atoms with E-state index < -0.39 is 18.4 Å². The van der Waals surface area contributed by atoms with Gasteiger partial charge in [0.05, 0.1) is 7.11 Å². The van der Waals surface area contributed by atoms with E-state index in [1.54, 1.807) is 0 Å². The largest absolute Gasteiger partial charge is 0.481 e. The minimum Gasteiger partial charge on any atom is -0.481 e. The summed E-state index contributed by atoms with van der Waals surface area (Å²) in [7, 11) is 1.19. The van der Waals surface area contributed by atoms with Crippen LogP contribution in [0.2, 0.25) is 0 Å². The molecule has 0 aliphatic heterocycles. The van der Waals surface area contributed by atoms with Gasteiger partial charge in [-0.05, 0) is 0 Å². The maximum atomic E-state index is 12.4. The maximum Gasteiger partial charge on any atom is 0.242 e. The van der Waals surface area contributed by atoms with Crippen LogP contribution in [-0.4, -0.2) is 23.5 Å². The zero-order valence-corrected chi connectivity index (χ0v) is 6.79. The lowest BCUT2D eigenvalue weighted by Crippen LogP contribution is -2.05. The highest BCUT2D eigenvalue weighted by molar-refractivity contribution is 5.30. The highest BCUT2D eigenvalue weighted by Gasteiger charge is 2.11. The molecular weight excluding hydrogens is 180 g/mol. The van der Waals surface area contributed by atoms with Gasteiger partial charge in [-0.25, -0.2) is 13.8 Å². The van der Waals surface area contributed by atoms with Gasteiger partial charge in [0.25, 0.3) is 0 Å². The van der Waals surface area contributed by atoms with E-state index in [1.807, 2.05) is 0 Å². The molecule has 0 unspecified atom stereocenters. The Balaban J connectivity index is 3.24. The molecule has 0 atom stereocenters. The highest BCUT2D eigenvalue weighted by Crippen LogP contribution is 2.17. The Bertz CT molecular complexity index is 362. The molecule has 0 fully saturated rings. The van der Waals surface area contributed by atoms with Crippen LogP contribution in [0.1, 0.15) is 8.30 Å². The van der Waals surface area contributed by atoms with Crippen molar-refractivity contribution in [2.24, 2.45) is 0 Å². The Morgan fingerprint density at radius 1 is 1.77 bits per heavy atom. The number of hydrogen-bond acceptors (Lipinski definition) is 4. The number of ether oxygens (including phenoxy) is 1. The maximum absolute atomic E-state index is 12.4. The summed E-state index contributed by atoms with van der Waals surface area (Å²) in [6.07, 6.45) is -5.16. The predicted octanol–water partition coefficient (Wildman–Crippen LogP) is 0.875. The lowest BCUT2D eigenvalue weighted by Gasteiger charge is -2.05. The summed E-state index contributed by atoms with van der Waals surface area (Å²) in [5.74, 6) is -0.450. The van der Waals surface area contributed by atoms with Gasteiger partial charge in [-0.3, -0.25) is 0 Å². The molecule has 6 heteroatoms. The molecule has 0 aliphatic rings. The van der Waals surface area contributed by atoms with Crippen molar-refractivity contribution >= 4 is 5.95 Å². The number of alkyl halides is 2. The molecule has 0 saturated carbocycles. The lowest BCUT2D eigenvalue weighted by molar-refractivity contribution is 0.147.